The third-order valence-corrected chi connectivity index (χ3v) is 2.84. The quantitative estimate of drug-likeness (QED) is 0.515. The number of nitro benzene ring substituents is 1. The third-order valence-electron chi connectivity index (χ3n) is 2.84. The molecule has 0 heterocycles. The Labute approximate surface area is 123 Å². The molecule has 0 aromatic heterocycles. The van der Waals surface area contributed by atoms with Gasteiger partial charge in [-0.25, -0.2) is 4.39 Å². The van der Waals surface area contributed by atoms with Crippen molar-refractivity contribution in [3.63, 3.8) is 0 Å². The van der Waals surface area contributed by atoms with Crippen molar-refractivity contribution in [2.45, 2.75) is 24.9 Å². The van der Waals surface area contributed by atoms with Crippen molar-refractivity contribution in [3.8, 4) is 0 Å². The first kappa shape index (κ1) is 18.6. The van der Waals surface area contributed by atoms with E-state index >= 15 is 0 Å². The first-order chi connectivity index (χ1) is 10.2. The Bertz CT molecular complexity index is 625. The summed E-state index contributed by atoms with van der Waals surface area (Å²) in [6.07, 6.45) is -13.1. The fourth-order valence-corrected chi connectivity index (χ4v) is 1.58. The van der Waals surface area contributed by atoms with E-state index in [-0.39, 0.29) is 0 Å². The van der Waals surface area contributed by atoms with E-state index in [0.717, 1.165) is 30.4 Å². The maximum atomic E-state index is 13.5. The van der Waals surface area contributed by atoms with Crippen molar-refractivity contribution in [3.05, 3.63) is 33.9 Å². The number of hydrogen-bond acceptors (Lipinski definition) is 3. The minimum atomic E-state index is -6.57. The highest BCUT2D eigenvalue weighted by molar-refractivity contribution is 5.99. The van der Waals surface area contributed by atoms with E-state index < -0.39 is 45.8 Å². The second kappa shape index (κ2) is 5.66. The van der Waals surface area contributed by atoms with Crippen molar-refractivity contribution in [1.29, 1.82) is 0 Å². The fraction of sp³-hybridized carbons (Fsp3) is 0.364. The summed E-state index contributed by atoms with van der Waals surface area (Å²) in [7, 11) is 0. The average Bonchev–Trinajstić information content (AvgIpc) is 2.36. The molecule has 23 heavy (non-hydrogen) atoms. The van der Waals surface area contributed by atoms with Crippen LogP contribution in [-0.4, -0.2) is 28.9 Å². The van der Waals surface area contributed by atoms with Gasteiger partial charge >= 0.3 is 18.0 Å². The van der Waals surface area contributed by atoms with Crippen LogP contribution in [0.1, 0.15) is 5.56 Å². The smallest absolute Gasteiger partial charge is 0.322 e. The Hall–Kier alpha value is -2.40. The van der Waals surface area contributed by atoms with Gasteiger partial charge in [0.1, 0.15) is 0 Å². The zero-order valence-electron chi connectivity index (χ0n) is 11.0. The predicted molar refractivity (Wildman–Crippen MR) is 62.4 cm³/mol. The Kier molecular flexibility index (Phi) is 4.59. The predicted octanol–water partition coefficient (Wildman–Crippen LogP) is 3.67. The number of halogens is 7. The number of anilines is 1. The lowest BCUT2D eigenvalue weighted by atomic mass is 10.0. The molecule has 0 bridgehead atoms. The van der Waals surface area contributed by atoms with Crippen LogP contribution in [0.2, 0.25) is 0 Å². The first-order valence-electron chi connectivity index (χ1n) is 5.61. The number of benzene rings is 1. The maximum absolute atomic E-state index is 13.5. The van der Waals surface area contributed by atoms with Gasteiger partial charge in [-0.15, -0.1) is 0 Å². The van der Waals surface area contributed by atoms with Crippen LogP contribution >= 0.6 is 0 Å². The molecule has 0 unspecified atom stereocenters. The van der Waals surface area contributed by atoms with Crippen LogP contribution in [0.3, 0.4) is 0 Å². The summed E-state index contributed by atoms with van der Waals surface area (Å²) in [5.74, 6) is -3.04. The standard InChI is InChI=1S/C11H7F7N2O3/c1-5-6(3-2-4-7(5)20(22)23)19-8(21)9(12,10(13,14)15)11(16,17)18/h2-4H,1H3,(H,19,21). The Morgan fingerprint density at radius 3 is 1.96 bits per heavy atom. The summed E-state index contributed by atoms with van der Waals surface area (Å²) in [6, 6.07) is 2.61. The van der Waals surface area contributed by atoms with Gasteiger partial charge in [0, 0.05) is 6.07 Å². The summed E-state index contributed by atoms with van der Waals surface area (Å²) in [6.45, 7) is 0.967. The van der Waals surface area contributed by atoms with Crippen molar-refractivity contribution in [1.82, 2.24) is 0 Å². The minimum Gasteiger partial charge on any atom is -0.322 e. The maximum Gasteiger partial charge on any atom is 0.441 e. The van der Waals surface area contributed by atoms with E-state index in [9.17, 15) is 45.6 Å². The molecular formula is C11H7F7N2O3. The first-order valence-corrected chi connectivity index (χ1v) is 5.61. The monoisotopic (exact) mass is 348 g/mol. The molecule has 1 rings (SSSR count). The highest BCUT2D eigenvalue weighted by Crippen LogP contribution is 2.47. The minimum absolute atomic E-state index is 0.433. The molecule has 12 heteroatoms. The van der Waals surface area contributed by atoms with E-state index in [1.807, 2.05) is 0 Å². The van der Waals surface area contributed by atoms with Crippen LogP contribution in [0.4, 0.5) is 42.1 Å². The zero-order chi connectivity index (χ0) is 18.2. The zero-order valence-corrected chi connectivity index (χ0v) is 11.0. The summed E-state index contributed by atoms with van der Waals surface area (Å²) in [5, 5.41) is 11.7. The van der Waals surface area contributed by atoms with E-state index in [4.69, 9.17) is 0 Å². The number of alkyl halides is 7. The molecule has 0 radical (unpaired) electrons. The molecule has 0 aliphatic heterocycles. The summed E-state index contributed by atoms with van der Waals surface area (Å²) in [4.78, 5) is 20.9. The number of nitro groups is 1. The molecule has 0 atom stereocenters. The van der Waals surface area contributed by atoms with Gasteiger partial charge < -0.3 is 5.32 Å². The molecule has 1 aromatic carbocycles. The molecule has 0 aliphatic rings. The SMILES string of the molecule is Cc1c(NC(=O)C(F)(C(F)(F)F)C(F)(F)F)cccc1[N+](=O)[O-]. The van der Waals surface area contributed by atoms with Crippen molar-refractivity contribution in [2.75, 3.05) is 5.32 Å². The third kappa shape index (κ3) is 3.19. The Morgan fingerprint density at radius 1 is 1.09 bits per heavy atom. The molecule has 1 aromatic rings. The van der Waals surface area contributed by atoms with Gasteiger partial charge in [0.25, 0.3) is 11.6 Å². The van der Waals surface area contributed by atoms with E-state index in [2.05, 4.69) is 0 Å². The second-order valence-electron chi connectivity index (χ2n) is 4.31. The van der Waals surface area contributed by atoms with Gasteiger partial charge in [0.2, 0.25) is 0 Å². The molecule has 0 fully saturated rings. The Morgan fingerprint density at radius 2 is 1.57 bits per heavy atom. The van der Waals surface area contributed by atoms with Crippen LogP contribution < -0.4 is 5.32 Å². The van der Waals surface area contributed by atoms with Gasteiger partial charge in [-0.05, 0) is 13.0 Å². The molecule has 128 valence electrons. The highest BCUT2D eigenvalue weighted by Gasteiger charge is 2.77. The number of carbonyl (C=O) groups excluding carboxylic acids is 1. The Balaban J connectivity index is 3.31. The molecule has 1 N–H and O–H groups in total. The molecule has 0 spiro atoms. The number of nitrogens with one attached hydrogen (secondary N) is 1. The van der Waals surface area contributed by atoms with Gasteiger partial charge in [-0.3, -0.25) is 14.9 Å². The molecule has 0 saturated carbocycles. The number of nitrogens with zero attached hydrogens (tertiary/aromatic N) is 1. The van der Waals surface area contributed by atoms with Crippen LogP contribution in [0, 0.1) is 17.0 Å². The summed E-state index contributed by atoms with van der Waals surface area (Å²) >= 11 is 0. The van der Waals surface area contributed by atoms with Crippen molar-refractivity contribution in [2.24, 2.45) is 0 Å². The van der Waals surface area contributed by atoms with Crippen molar-refractivity contribution >= 4 is 17.3 Å². The molecular weight excluding hydrogens is 341 g/mol. The van der Waals surface area contributed by atoms with Crippen LogP contribution in [0.25, 0.3) is 0 Å². The normalized spacial score (nSPS) is 12.9. The van der Waals surface area contributed by atoms with Gasteiger partial charge in [-0.2, -0.15) is 26.3 Å². The number of rotatable bonds is 3. The van der Waals surface area contributed by atoms with E-state index in [1.165, 1.54) is 0 Å². The topological polar surface area (TPSA) is 72.2 Å². The number of carbonyl (C=O) groups is 1. The lowest BCUT2D eigenvalue weighted by Gasteiger charge is -2.28. The van der Waals surface area contributed by atoms with Crippen LogP contribution in [0.5, 0.6) is 0 Å². The van der Waals surface area contributed by atoms with Crippen LogP contribution in [0.15, 0.2) is 18.2 Å². The number of hydrogen-bond donors (Lipinski definition) is 1. The van der Waals surface area contributed by atoms with Gasteiger partial charge in [0.05, 0.1) is 16.2 Å². The molecule has 1 amide bonds. The molecule has 0 aliphatic carbocycles. The highest BCUT2D eigenvalue weighted by atomic mass is 19.4. The second-order valence-corrected chi connectivity index (χ2v) is 4.31. The lowest BCUT2D eigenvalue weighted by Crippen LogP contribution is -2.61. The van der Waals surface area contributed by atoms with Crippen LogP contribution in [-0.2, 0) is 4.79 Å². The molecule has 5 nitrogen and oxygen atoms in total. The lowest BCUT2D eigenvalue weighted by molar-refractivity contribution is -0.385. The molecule has 0 saturated heterocycles. The van der Waals surface area contributed by atoms with Crippen molar-refractivity contribution < 1.29 is 40.5 Å². The van der Waals surface area contributed by atoms with Gasteiger partial charge in [0.15, 0.2) is 0 Å². The van der Waals surface area contributed by atoms with E-state index in [0.29, 0.717) is 0 Å². The summed E-state index contributed by atoms with van der Waals surface area (Å²) < 4.78 is 87.9. The van der Waals surface area contributed by atoms with Gasteiger partial charge in [-0.1, -0.05) is 6.07 Å². The largest absolute Gasteiger partial charge is 0.441 e. The average molecular weight is 348 g/mol. The summed E-state index contributed by atoms with van der Waals surface area (Å²) in [5.41, 5.74) is -8.01. The number of amides is 1. The van der Waals surface area contributed by atoms with E-state index in [1.54, 1.807) is 0 Å². The fourth-order valence-electron chi connectivity index (χ4n) is 1.58.